The van der Waals surface area contributed by atoms with E-state index < -0.39 is 25.7 Å². The quantitative estimate of drug-likeness (QED) is 0.235. The van der Waals surface area contributed by atoms with Gasteiger partial charge in [-0.05, 0) is 18.6 Å². The predicted octanol–water partition coefficient (Wildman–Crippen LogP) is 2.74. The highest BCUT2D eigenvalue weighted by atomic mass is 32.2. The van der Waals surface area contributed by atoms with Crippen LogP contribution in [0.3, 0.4) is 0 Å². The van der Waals surface area contributed by atoms with Gasteiger partial charge in [-0.25, -0.2) is 4.79 Å². The Morgan fingerprint density at radius 3 is 2.66 bits per heavy atom. The van der Waals surface area contributed by atoms with Crippen molar-refractivity contribution in [3.63, 3.8) is 0 Å². The molecule has 4 N–H and O–H groups in total. The van der Waals surface area contributed by atoms with E-state index in [9.17, 15) is 23.2 Å². The van der Waals surface area contributed by atoms with Crippen molar-refractivity contribution in [2.24, 2.45) is 0 Å². The number of carbonyl (C=O) groups excluding carboxylic acids is 1. The second-order valence-corrected chi connectivity index (χ2v) is 9.85. The van der Waals surface area contributed by atoms with Crippen LogP contribution in [0.1, 0.15) is 18.4 Å². The number of halogens is 2. The van der Waals surface area contributed by atoms with Crippen molar-refractivity contribution >= 4 is 25.4 Å². The van der Waals surface area contributed by atoms with E-state index >= 15 is 0 Å². The summed E-state index contributed by atoms with van der Waals surface area (Å²) in [5.41, 5.74) is -0.529. The highest BCUT2D eigenvalue weighted by molar-refractivity contribution is 8.04. The number of amides is 2. The number of aliphatic hydroxyl groups excluding tert-OH is 1. The first-order chi connectivity index (χ1) is 13.6. The van der Waals surface area contributed by atoms with Crippen molar-refractivity contribution < 1.29 is 33.0 Å². The predicted molar refractivity (Wildman–Crippen MR) is 108 cm³/mol. The minimum absolute atomic E-state index is 0.240. The monoisotopic (exact) mass is 450 g/mol. The topological polar surface area (TPSA) is 110 Å². The molecule has 1 aromatic carbocycles. The van der Waals surface area contributed by atoms with E-state index in [-0.39, 0.29) is 23.6 Å². The van der Waals surface area contributed by atoms with E-state index in [1.165, 1.54) is 35.2 Å². The van der Waals surface area contributed by atoms with Gasteiger partial charge < -0.3 is 25.1 Å². The SMILES string of the molecule is O=C1NC[C@H](/C=C/C(O)C(F)(F)c2ccccc2)N1CCCCSCP(=O)(O)O. The Morgan fingerprint density at radius 1 is 1.31 bits per heavy atom. The fraction of sp³-hybridized carbons (Fsp3) is 0.500. The van der Waals surface area contributed by atoms with Gasteiger partial charge in [-0.3, -0.25) is 4.57 Å². The fourth-order valence-electron chi connectivity index (χ4n) is 2.85. The first-order valence-corrected chi connectivity index (χ1v) is 12.0. The van der Waals surface area contributed by atoms with E-state index in [1.54, 1.807) is 6.07 Å². The lowest BCUT2D eigenvalue weighted by Gasteiger charge is -2.23. The highest BCUT2D eigenvalue weighted by Gasteiger charge is 2.39. The molecule has 0 aliphatic carbocycles. The number of hydrogen-bond donors (Lipinski definition) is 4. The third-order valence-electron chi connectivity index (χ3n) is 4.37. The molecule has 2 rings (SSSR count). The van der Waals surface area contributed by atoms with Gasteiger partial charge in [0, 0.05) is 18.7 Å². The lowest BCUT2D eigenvalue weighted by molar-refractivity contribution is -0.0929. The van der Waals surface area contributed by atoms with Crippen molar-refractivity contribution in [3.05, 3.63) is 48.0 Å². The van der Waals surface area contributed by atoms with Crippen molar-refractivity contribution in [2.45, 2.75) is 30.9 Å². The van der Waals surface area contributed by atoms with Crippen LogP contribution in [0.25, 0.3) is 0 Å². The number of rotatable bonds is 11. The largest absolute Gasteiger partial charge is 0.382 e. The summed E-state index contributed by atoms with van der Waals surface area (Å²) in [5.74, 6) is -2.90. The maximum absolute atomic E-state index is 14.3. The average Bonchev–Trinajstić information content (AvgIpc) is 3.02. The summed E-state index contributed by atoms with van der Waals surface area (Å²) in [6, 6.07) is 6.28. The minimum atomic E-state index is -4.02. The Kier molecular flexibility index (Phi) is 8.66. The van der Waals surface area contributed by atoms with Crippen LogP contribution in [0.15, 0.2) is 42.5 Å². The first-order valence-electron chi connectivity index (χ1n) is 9.08. The number of aliphatic hydroxyl groups is 1. The summed E-state index contributed by atoms with van der Waals surface area (Å²) in [6.45, 7) is 0.633. The number of carbonyl (C=O) groups is 1. The molecular weight excluding hydrogens is 425 g/mol. The number of thioether (sulfide) groups is 1. The second kappa shape index (κ2) is 10.5. The van der Waals surface area contributed by atoms with E-state index in [0.29, 0.717) is 25.1 Å². The molecule has 1 aromatic rings. The average molecular weight is 450 g/mol. The molecule has 1 aliphatic rings. The molecule has 2 atom stereocenters. The lowest BCUT2D eigenvalue weighted by Crippen LogP contribution is -2.35. The van der Waals surface area contributed by atoms with Crippen LogP contribution < -0.4 is 5.32 Å². The van der Waals surface area contributed by atoms with Crippen molar-refractivity contribution in [2.75, 3.05) is 24.3 Å². The number of urea groups is 1. The van der Waals surface area contributed by atoms with E-state index in [0.717, 1.165) is 17.8 Å². The number of hydrogen-bond acceptors (Lipinski definition) is 4. The molecule has 11 heteroatoms. The molecule has 0 spiro atoms. The molecule has 1 fully saturated rings. The fourth-order valence-corrected chi connectivity index (χ4v) is 4.72. The number of benzene rings is 1. The van der Waals surface area contributed by atoms with Crippen molar-refractivity contribution in [1.82, 2.24) is 10.2 Å². The van der Waals surface area contributed by atoms with Crippen LogP contribution in [0.5, 0.6) is 0 Å². The number of unbranched alkanes of at least 4 members (excludes halogenated alkanes) is 1. The molecule has 2 amide bonds. The second-order valence-electron chi connectivity index (χ2n) is 6.67. The maximum atomic E-state index is 14.3. The molecule has 1 saturated heterocycles. The Bertz CT molecular complexity index is 747. The van der Waals surface area contributed by atoms with E-state index in [4.69, 9.17) is 9.79 Å². The maximum Gasteiger partial charge on any atom is 0.335 e. The molecule has 1 unspecified atom stereocenters. The lowest BCUT2D eigenvalue weighted by atomic mass is 10.0. The van der Waals surface area contributed by atoms with Crippen LogP contribution in [0.2, 0.25) is 0 Å². The molecule has 7 nitrogen and oxygen atoms in total. The van der Waals surface area contributed by atoms with Crippen LogP contribution in [-0.4, -0.2) is 62.3 Å². The van der Waals surface area contributed by atoms with Gasteiger partial charge in [-0.15, -0.1) is 11.8 Å². The van der Waals surface area contributed by atoms with Crippen molar-refractivity contribution in [1.29, 1.82) is 0 Å². The van der Waals surface area contributed by atoms with Crippen molar-refractivity contribution in [3.8, 4) is 0 Å². The van der Waals surface area contributed by atoms with Gasteiger partial charge in [0.2, 0.25) is 0 Å². The zero-order valence-electron chi connectivity index (χ0n) is 15.7. The molecule has 0 aromatic heterocycles. The highest BCUT2D eigenvalue weighted by Crippen LogP contribution is 2.38. The van der Waals surface area contributed by atoms with Gasteiger partial charge in [-0.1, -0.05) is 42.5 Å². The summed E-state index contributed by atoms with van der Waals surface area (Å²) >= 11 is 1.15. The molecule has 29 heavy (non-hydrogen) atoms. The van der Waals surface area contributed by atoms with Gasteiger partial charge in [0.15, 0.2) is 0 Å². The molecule has 162 valence electrons. The zero-order valence-corrected chi connectivity index (χ0v) is 17.4. The summed E-state index contributed by atoms with van der Waals surface area (Å²) in [6.07, 6.45) is 1.66. The molecular formula is C18H25F2N2O5PS. The minimum Gasteiger partial charge on any atom is -0.382 e. The third kappa shape index (κ3) is 7.38. The number of nitrogens with zero attached hydrogens (tertiary/aromatic N) is 1. The Hall–Kier alpha value is -1.45. The van der Waals surface area contributed by atoms with Crippen LogP contribution in [0.4, 0.5) is 13.6 Å². The van der Waals surface area contributed by atoms with E-state index in [1.807, 2.05) is 0 Å². The molecule has 1 aliphatic heterocycles. The van der Waals surface area contributed by atoms with Gasteiger partial charge in [-0.2, -0.15) is 8.78 Å². The summed E-state index contributed by atoms with van der Waals surface area (Å²) in [4.78, 5) is 31.1. The van der Waals surface area contributed by atoms with Gasteiger partial charge >= 0.3 is 19.5 Å². The molecule has 0 radical (unpaired) electrons. The van der Waals surface area contributed by atoms with Crippen LogP contribution in [0, 0.1) is 0 Å². The molecule has 0 saturated carbocycles. The number of alkyl halides is 2. The summed E-state index contributed by atoms with van der Waals surface area (Å²) in [5, 5.41) is 12.6. The zero-order chi connectivity index (χ0) is 21.5. The normalized spacial score (nSPS) is 19.0. The Labute approximate surface area is 172 Å². The smallest absolute Gasteiger partial charge is 0.335 e. The van der Waals surface area contributed by atoms with E-state index in [2.05, 4.69) is 5.32 Å². The number of nitrogens with one attached hydrogen (secondary N) is 1. The molecule has 0 bridgehead atoms. The molecule has 1 heterocycles. The first kappa shape index (κ1) is 23.8. The van der Waals surface area contributed by atoms with Gasteiger partial charge in [0.05, 0.1) is 11.5 Å². The summed E-state index contributed by atoms with van der Waals surface area (Å²) < 4.78 is 39.5. The Morgan fingerprint density at radius 2 is 2.00 bits per heavy atom. The van der Waals surface area contributed by atoms with Gasteiger partial charge in [0.25, 0.3) is 0 Å². The van der Waals surface area contributed by atoms with Crippen LogP contribution in [-0.2, 0) is 10.5 Å². The van der Waals surface area contributed by atoms with Gasteiger partial charge in [0.1, 0.15) is 6.10 Å². The van der Waals surface area contributed by atoms with Crippen LogP contribution >= 0.6 is 19.4 Å². The standard InChI is InChI=1S/C18H25F2N2O5PS/c19-18(20,14-6-2-1-3-7-14)16(23)9-8-15-12-21-17(24)22(15)10-4-5-11-29-13-28(25,26)27/h1-3,6-9,15-16,23H,4-5,10-13H2,(H,21,24)(H2,25,26,27)/b9-8+/t15-,16?/m0/s1. The third-order valence-corrected chi connectivity index (χ3v) is 7.02. The Balaban J connectivity index is 1.85. The summed E-state index contributed by atoms with van der Waals surface area (Å²) in [7, 11) is -4.02.